The van der Waals surface area contributed by atoms with E-state index in [4.69, 9.17) is 12.2 Å². The summed E-state index contributed by atoms with van der Waals surface area (Å²) in [5, 5.41) is 4.16. The van der Waals surface area contributed by atoms with E-state index in [0.717, 1.165) is 33.9 Å². The van der Waals surface area contributed by atoms with E-state index >= 15 is 0 Å². The Labute approximate surface area is 198 Å². The third-order valence-corrected chi connectivity index (χ3v) is 6.57. The molecule has 4 nitrogen and oxygen atoms in total. The molecule has 0 spiro atoms. The maximum absolute atomic E-state index is 14.7. The second-order valence-corrected chi connectivity index (χ2v) is 8.84. The van der Waals surface area contributed by atoms with Gasteiger partial charge in [0.25, 0.3) is 0 Å². The van der Waals surface area contributed by atoms with Crippen molar-refractivity contribution in [1.82, 2.24) is 14.9 Å². The molecule has 166 valence electrons. The molecule has 1 aliphatic heterocycles. The van der Waals surface area contributed by atoms with E-state index in [1.807, 2.05) is 54.8 Å². The van der Waals surface area contributed by atoms with Crippen LogP contribution in [-0.2, 0) is 0 Å². The number of hydrogen-bond acceptors (Lipinski definition) is 2. The number of hydrogen-bond donors (Lipinski definition) is 1. The first-order valence-electron chi connectivity index (χ1n) is 11.0. The lowest BCUT2D eigenvalue weighted by Crippen LogP contribution is -2.29. The zero-order valence-corrected chi connectivity index (χ0v) is 19.6. The van der Waals surface area contributed by atoms with Gasteiger partial charge in [0, 0.05) is 23.3 Å². The summed E-state index contributed by atoms with van der Waals surface area (Å²) in [5.41, 5.74) is 6.67. The fourth-order valence-electron chi connectivity index (χ4n) is 4.82. The molecule has 1 fully saturated rings. The molecule has 5 rings (SSSR count). The Bertz CT molecular complexity index is 1330. The summed E-state index contributed by atoms with van der Waals surface area (Å²) < 4.78 is 16.7. The van der Waals surface area contributed by atoms with Crippen molar-refractivity contribution in [2.75, 3.05) is 4.90 Å². The summed E-state index contributed by atoms with van der Waals surface area (Å²) >= 11 is 5.84. The molecule has 0 amide bonds. The van der Waals surface area contributed by atoms with Gasteiger partial charge in [-0.2, -0.15) is 0 Å². The molecule has 2 aromatic heterocycles. The number of rotatable bonds is 4. The van der Waals surface area contributed by atoms with E-state index in [1.165, 1.54) is 6.07 Å². The van der Waals surface area contributed by atoms with Crippen molar-refractivity contribution >= 4 is 23.0 Å². The van der Waals surface area contributed by atoms with Gasteiger partial charge in [-0.3, -0.25) is 4.98 Å². The first kappa shape index (κ1) is 21.3. The Hall–Kier alpha value is -3.51. The molecule has 0 bridgehead atoms. The molecule has 33 heavy (non-hydrogen) atoms. The lowest BCUT2D eigenvalue weighted by Gasteiger charge is -2.28. The fourth-order valence-corrected chi connectivity index (χ4v) is 5.16. The highest BCUT2D eigenvalue weighted by Crippen LogP contribution is 2.43. The highest BCUT2D eigenvalue weighted by atomic mass is 32.1. The number of para-hydroxylation sites is 1. The van der Waals surface area contributed by atoms with Crippen LogP contribution < -0.4 is 10.2 Å². The van der Waals surface area contributed by atoms with Gasteiger partial charge in [0.15, 0.2) is 5.11 Å². The number of thiocarbonyl (C=S) groups is 1. The predicted octanol–water partition coefficient (Wildman–Crippen LogP) is 6.11. The Balaban J connectivity index is 1.70. The molecule has 2 atom stereocenters. The van der Waals surface area contributed by atoms with Crippen LogP contribution in [-0.4, -0.2) is 14.7 Å². The van der Waals surface area contributed by atoms with Crippen LogP contribution in [0.15, 0.2) is 79.0 Å². The van der Waals surface area contributed by atoms with Crippen molar-refractivity contribution in [3.63, 3.8) is 0 Å². The topological polar surface area (TPSA) is 33.1 Å². The maximum atomic E-state index is 14.7. The average molecular weight is 457 g/mol. The number of benzene rings is 2. The minimum Gasteiger partial charge on any atom is -0.351 e. The zero-order chi connectivity index (χ0) is 23.1. The van der Waals surface area contributed by atoms with Gasteiger partial charge in [0.05, 0.1) is 23.5 Å². The molecule has 0 radical (unpaired) electrons. The molecule has 0 saturated carbocycles. The largest absolute Gasteiger partial charge is 0.351 e. The number of nitrogens with zero attached hydrogens (tertiary/aromatic N) is 3. The van der Waals surface area contributed by atoms with Crippen LogP contribution in [0.25, 0.3) is 5.69 Å². The van der Waals surface area contributed by atoms with Gasteiger partial charge in [-0.05, 0) is 86.6 Å². The Kier molecular flexibility index (Phi) is 5.46. The Morgan fingerprint density at radius 2 is 1.73 bits per heavy atom. The fraction of sp³-hybridized carbons (Fsp3) is 0.185. The maximum Gasteiger partial charge on any atom is 0.174 e. The predicted molar refractivity (Wildman–Crippen MR) is 134 cm³/mol. The van der Waals surface area contributed by atoms with Crippen molar-refractivity contribution in [2.24, 2.45) is 0 Å². The van der Waals surface area contributed by atoms with Crippen LogP contribution in [0.3, 0.4) is 0 Å². The Morgan fingerprint density at radius 3 is 2.45 bits per heavy atom. The third-order valence-electron chi connectivity index (χ3n) is 6.26. The SMILES string of the molecule is Cc1cccc(N2C(=S)NC(c3ccccn3)C2c2cc(C)n(-c3ccccc3F)c2C)c1. The lowest BCUT2D eigenvalue weighted by molar-refractivity contribution is 0.564. The normalized spacial score (nSPS) is 17.9. The smallest absolute Gasteiger partial charge is 0.174 e. The first-order valence-corrected chi connectivity index (χ1v) is 11.4. The van der Waals surface area contributed by atoms with Crippen molar-refractivity contribution in [1.29, 1.82) is 0 Å². The van der Waals surface area contributed by atoms with Crippen LogP contribution in [0.5, 0.6) is 0 Å². The van der Waals surface area contributed by atoms with Crippen molar-refractivity contribution < 1.29 is 4.39 Å². The summed E-state index contributed by atoms with van der Waals surface area (Å²) in [5.74, 6) is -0.247. The number of pyridine rings is 1. The zero-order valence-electron chi connectivity index (χ0n) is 18.8. The number of aromatic nitrogens is 2. The first-order chi connectivity index (χ1) is 16.0. The average Bonchev–Trinajstić information content (AvgIpc) is 3.30. The summed E-state index contributed by atoms with van der Waals surface area (Å²) in [6.07, 6.45) is 1.80. The van der Waals surface area contributed by atoms with Crippen LogP contribution in [0.1, 0.15) is 40.3 Å². The monoisotopic (exact) mass is 456 g/mol. The van der Waals surface area contributed by atoms with Crippen LogP contribution in [0, 0.1) is 26.6 Å². The van der Waals surface area contributed by atoms with Gasteiger partial charge in [-0.1, -0.05) is 30.3 Å². The number of aryl methyl sites for hydroxylation is 2. The highest BCUT2D eigenvalue weighted by Gasteiger charge is 2.42. The second-order valence-electron chi connectivity index (χ2n) is 8.45. The lowest BCUT2D eigenvalue weighted by atomic mass is 9.96. The molecular formula is C27H25FN4S. The molecule has 2 aromatic carbocycles. The highest BCUT2D eigenvalue weighted by molar-refractivity contribution is 7.80. The van der Waals surface area contributed by atoms with Gasteiger partial charge in [0.2, 0.25) is 0 Å². The standard InChI is InChI=1S/C27H25FN4S/c1-17-9-8-10-20(15-17)32-26(25(30-27(32)33)23-12-6-7-14-29-23)21-16-18(2)31(19(21)3)24-13-5-4-11-22(24)28/h4-16,25-26H,1-3H3,(H,30,33). The quantitative estimate of drug-likeness (QED) is 0.376. The summed E-state index contributed by atoms with van der Waals surface area (Å²) in [6.45, 7) is 6.13. The number of nitrogens with one attached hydrogen (secondary N) is 1. The third kappa shape index (κ3) is 3.70. The van der Waals surface area contributed by atoms with Crippen molar-refractivity contribution in [3.05, 3.63) is 113 Å². The van der Waals surface area contributed by atoms with Crippen molar-refractivity contribution in [2.45, 2.75) is 32.9 Å². The molecule has 4 aromatic rings. The summed E-state index contributed by atoms with van der Waals surface area (Å²) in [7, 11) is 0. The molecule has 1 saturated heterocycles. The molecule has 3 heterocycles. The molecule has 0 aliphatic carbocycles. The van der Waals surface area contributed by atoms with E-state index in [0.29, 0.717) is 10.8 Å². The van der Waals surface area contributed by atoms with Crippen LogP contribution in [0.2, 0.25) is 0 Å². The van der Waals surface area contributed by atoms with E-state index in [2.05, 4.69) is 46.4 Å². The number of anilines is 1. The van der Waals surface area contributed by atoms with Crippen LogP contribution in [0.4, 0.5) is 10.1 Å². The molecule has 2 unspecified atom stereocenters. The van der Waals surface area contributed by atoms with Crippen molar-refractivity contribution in [3.8, 4) is 5.69 Å². The van der Waals surface area contributed by atoms with E-state index in [1.54, 1.807) is 12.3 Å². The van der Waals surface area contributed by atoms with Gasteiger partial charge < -0.3 is 14.8 Å². The second kappa shape index (κ2) is 8.45. The Morgan fingerprint density at radius 1 is 0.939 bits per heavy atom. The molecule has 1 N–H and O–H groups in total. The number of halogens is 1. The van der Waals surface area contributed by atoms with E-state index in [9.17, 15) is 4.39 Å². The van der Waals surface area contributed by atoms with Gasteiger partial charge in [0.1, 0.15) is 5.82 Å². The van der Waals surface area contributed by atoms with Gasteiger partial charge in [-0.25, -0.2) is 4.39 Å². The van der Waals surface area contributed by atoms with Gasteiger partial charge in [-0.15, -0.1) is 0 Å². The van der Waals surface area contributed by atoms with Crippen LogP contribution >= 0.6 is 12.2 Å². The minimum atomic E-state index is -0.247. The molecule has 1 aliphatic rings. The molecular weight excluding hydrogens is 431 g/mol. The van der Waals surface area contributed by atoms with E-state index < -0.39 is 0 Å². The minimum absolute atomic E-state index is 0.138. The van der Waals surface area contributed by atoms with Gasteiger partial charge >= 0.3 is 0 Å². The summed E-state index contributed by atoms with van der Waals surface area (Å²) in [4.78, 5) is 6.79. The molecule has 6 heteroatoms. The summed E-state index contributed by atoms with van der Waals surface area (Å²) in [6, 6.07) is 23.0. The van der Waals surface area contributed by atoms with E-state index in [-0.39, 0.29) is 17.9 Å².